The molecule has 7 nitrogen and oxygen atoms in total. The van der Waals surface area contributed by atoms with Gasteiger partial charge in [-0.15, -0.1) is 10.2 Å². The zero-order chi connectivity index (χ0) is 24.2. The molecule has 182 valence electrons. The molecule has 6 rings (SSSR count). The van der Waals surface area contributed by atoms with E-state index >= 15 is 0 Å². The maximum absolute atomic E-state index is 14.0. The Labute approximate surface area is 201 Å². The highest BCUT2D eigenvalue weighted by molar-refractivity contribution is 5.88. The summed E-state index contributed by atoms with van der Waals surface area (Å²) < 4.78 is 33.7. The molecule has 2 aliphatic rings. The molecule has 1 aliphatic carbocycles. The number of benzene rings is 2. The maximum atomic E-state index is 14.0. The van der Waals surface area contributed by atoms with Crippen LogP contribution in [0.5, 0.6) is 5.75 Å². The van der Waals surface area contributed by atoms with Crippen LogP contribution in [0.2, 0.25) is 0 Å². The lowest BCUT2D eigenvalue weighted by Crippen LogP contribution is -2.53. The second kappa shape index (κ2) is 8.12. The molecule has 35 heavy (non-hydrogen) atoms. The molecular weight excluding hydrogens is 450 g/mol. The van der Waals surface area contributed by atoms with Crippen LogP contribution in [0, 0.1) is 12.3 Å². The molecule has 0 radical (unpaired) electrons. The predicted octanol–water partition coefficient (Wildman–Crippen LogP) is 5.42. The number of hydrogen-bond donors (Lipinski definition) is 2. The van der Waals surface area contributed by atoms with E-state index in [1.165, 1.54) is 0 Å². The van der Waals surface area contributed by atoms with Gasteiger partial charge in [-0.05, 0) is 60.2 Å². The molecule has 1 aliphatic heterocycles. The quantitative estimate of drug-likeness (QED) is 0.400. The number of tetrazole rings is 1. The Morgan fingerprint density at radius 2 is 1.97 bits per heavy atom. The van der Waals surface area contributed by atoms with Crippen LogP contribution in [-0.4, -0.2) is 50.1 Å². The number of alkyl halides is 2. The van der Waals surface area contributed by atoms with Crippen molar-refractivity contribution in [3.63, 3.8) is 0 Å². The van der Waals surface area contributed by atoms with Gasteiger partial charge in [-0.3, -0.25) is 4.90 Å². The third-order valence-electron chi connectivity index (χ3n) is 7.86. The number of likely N-dealkylation sites (tertiary alicyclic amines) is 1. The van der Waals surface area contributed by atoms with Crippen LogP contribution in [0.1, 0.15) is 48.4 Å². The second-order valence-electron chi connectivity index (χ2n) is 10.1. The van der Waals surface area contributed by atoms with Crippen molar-refractivity contribution in [3.8, 4) is 17.1 Å². The number of aromatic amines is 2. The third kappa shape index (κ3) is 3.87. The van der Waals surface area contributed by atoms with E-state index in [9.17, 15) is 8.78 Å². The Balaban J connectivity index is 1.35. The summed E-state index contributed by atoms with van der Waals surface area (Å²) in [4.78, 5) is 5.76. The smallest absolute Gasteiger partial charge is 0.249 e. The molecule has 1 atom stereocenters. The van der Waals surface area contributed by atoms with Crippen molar-refractivity contribution >= 4 is 10.9 Å². The van der Waals surface area contributed by atoms with E-state index in [0.29, 0.717) is 18.8 Å². The number of nitrogens with zero attached hydrogens (tertiary/aromatic N) is 4. The number of H-pyrrole nitrogens is 2. The number of aryl methyl sites for hydroxylation is 1. The summed E-state index contributed by atoms with van der Waals surface area (Å²) in [6.45, 7) is 3.51. The minimum absolute atomic E-state index is 0.0127. The van der Waals surface area contributed by atoms with E-state index in [-0.39, 0.29) is 24.3 Å². The van der Waals surface area contributed by atoms with Crippen LogP contribution in [0.15, 0.2) is 42.6 Å². The molecular formula is C26H28F2N6O. The van der Waals surface area contributed by atoms with Crippen LogP contribution in [0.4, 0.5) is 8.78 Å². The van der Waals surface area contributed by atoms with Gasteiger partial charge in [0.15, 0.2) is 0 Å². The van der Waals surface area contributed by atoms with Crippen molar-refractivity contribution in [1.82, 2.24) is 30.5 Å². The van der Waals surface area contributed by atoms with Crippen LogP contribution >= 0.6 is 0 Å². The molecule has 1 saturated carbocycles. The summed E-state index contributed by atoms with van der Waals surface area (Å²) >= 11 is 0. The molecule has 0 amide bonds. The summed E-state index contributed by atoms with van der Waals surface area (Å²) in [6, 6.07) is 12.3. The molecule has 2 N–H and O–H groups in total. The molecule has 4 aromatic rings. The first-order chi connectivity index (χ1) is 16.9. The lowest BCUT2D eigenvalue weighted by molar-refractivity contribution is -0.186. The minimum Gasteiger partial charge on any atom is -0.496 e. The fourth-order valence-corrected chi connectivity index (χ4v) is 6.19. The Kier molecular flexibility index (Phi) is 5.14. The van der Waals surface area contributed by atoms with Gasteiger partial charge < -0.3 is 9.72 Å². The number of hydrogen-bond acceptors (Lipinski definition) is 5. The Morgan fingerprint density at radius 3 is 2.66 bits per heavy atom. The molecule has 2 fully saturated rings. The van der Waals surface area contributed by atoms with E-state index in [0.717, 1.165) is 51.9 Å². The Morgan fingerprint density at radius 1 is 1.17 bits per heavy atom. The van der Waals surface area contributed by atoms with Crippen molar-refractivity contribution in [2.45, 2.75) is 51.1 Å². The number of halogens is 2. The highest BCUT2D eigenvalue weighted by Gasteiger charge is 2.58. The largest absolute Gasteiger partial charge is 0.496 e. The van der Waals surface area contributed by atoms with Crippen LogP contribution in [0.3, 0.4) is 0 Å². The van der Waals surface area contributed by atoms with Crippen LogP contribution in [-0.2, 0) is 6.54 Å². The molecule has 2 aromatic heterocycles. The van der Waals surface area contributed by atoms with Crippen molar-refractivity contribution in [3.05, 3.63) is 59.3 Å². The van der Waals surface area contributed by atoms with E-state index in [1.807, 2.05) is 18.3 Å². The molecule has 9 heteroatoms. The maximum Gasteiger partial charge on any atom is 0.249 e. The van der Waals surface area contributed by atoms with E-state index in [4.69, 9.17) is 4.74 Å². The Bertz CT molecular complexity index is 1340. The molecule has 2 aromatic carbocycles. The SMILES string of the molecule is COc1cc(C)c2[nH]ccc2c1CN1CCC2(C[C@@H]1c1ccc(-c3nn[nH]n3)cc1)CC(F)(F)C2. The lowest BCUT2D eigenvalue weighted by atomic mass is 9.59. The van der Waals surface area contributed by atoms with Crippen LogP contribution < -0.4 is 4.74 Å². The predicted molar refractivity (Wildman–Crippen MR) is 128 cm³/mol. The fraction of sp³-hybridized carbons (Fsp3) is 0.423. The highest BCUT2D eigenvalue weighted by atomic mass is 19.3. The average Bonchev–Trinajstić information content (AvgIpc) is 3.53. The van der Waals surface area contributed by atoms with Gasteiger partial charge in [0, 0.05) is 53.7 Å². The van der Waals surface area contributed by atoms with Gasteiger partial charge in [0.2, 0.25) is 11.7 Å². The summed E-state index contributed by atoms with van der Waals surface area (Å²) in [6.07, 6.45) is 3.43. The first-order valence-electron chi connectivity index (χ1n) is 12.0. The molecule has 0 bridgehead atoms. The standard InChI is InChI=1S/C26H28F2N6O/c1-16-11-22(35-2)20(19-7-9-29-23(16)19)13-34-10-8-25(14-26(27,28)15-25)12-21(34)17-3-5-18(6-4-17)24-30-32-33-31-24/h3-7,9,11,21,29H,8,10,12-15H2,1-2H3,(H,30,31,32,33)/t21-/m1/s1. The van der Waals surface area contributed by atoms with E-state index < -0.39 is 5.92 Å². The van der Waals surface area contributed by atoms with E-state index in [2.05, 4.69) is 61.7 Å². The van der Waals surface area contributed by atoms with E-state index in [1.54, 1.807) is 7.11 Å². The normalized spacial score (nSPS) is 21.3. The number of ether oxygens (including phenoxy) is 1. The summed E-state index contributed by atoms with van der Waals surface area (Å²) in [7, 11) is 1.70. The fourth-order valence-electron chi connectivity index (χ4n) is 6.19. The monoisotopic (exact) mass is 478 g/mol. The molecule has 1 spiro atoms. The van der Waals surface area contributed by atoms with Gasteiger partial charge in [-0.1, -0.05) is 24.3 Å². The number of methoxy groups -OCH3 is 1. The zero-order valence-corrected chi connectivity index (χ0v) is 19.8. The number of rotatable bonds is 5. The summed E-state index contributed by atoms with van der Waals surface area (Å²) in [5.41, 5.74) is 5.05. The third-order valence-corrected chi connectivity index (χ3v) is 7.86. The van der Waals surface area contributed by atoms with Crippen molar-refractivity contribution in [1.29, 1.82) is 0 Å². The average molecular weight is 479 g/mol. The first kappa shape index (κ1) is 22.2. The number of fused-ring (bicyclic) bond motifs is 1. The Hall–Kier alpha value is -3.33. The van der Waals surface area contributed by atoms with Gasteiger partial charge in [0.1, 0.15) is 5.75 Å². The zero-order valence-electron chi connectivity index (χ0n) is 19.8. The van der Waals surface area contributed by atoms with Crippen molar-refractivity contribution < 1.29 is 13.5 Å². The summed E-state index contributed by atoms with van der Waals surface area (Å²) in [5.74, 6) is -1.14. The minimum atomic E-state index is -2.54. The topological polar surface area (TPSA) is 82.7 Å². The van der Waals surface area contributed by atoms with Crippen molar-refractivity contribution in [2.75, 3.05) is 13.7 Å². The summed E-state index contributed by atoms with van der Waals surface area (Å²) in [5, 5.41) is 15.4. The lowest BCUT2D eigenvalue weighted by Gasteiger charge is -2.54. The van der Waals surface area contributed by atoms with Gasteiger partial charge in [-0.2, -0.15) is 5.21 Å². The molecule has 3 heterocycles. The number of piperidine rings is 1. The highest BCUT2D eigenvalue weighted by Crippen LogP contribution is 2.60. The molecule has 0 unspecified atom stereocenters. The van der Waals surface area contributed by atoms with Gasteiger partial charge in [0.25, 0.3) is 0 Å². The second-order valence-corrected chi connectivity index (χ2v) is 10.1. The van der Waals surface area contributed by atoms with Gasteiger partial charge in [-0.25, -0.2) is 8.78 Å². The first-order valence-corrected chi connectivity index (χ1v) is 12.0. The van der Waals surface area contributed by atoms with Crippen LogP contribution in [0.25, 0.3) is 22.3 Å². The number of nitrogens with one attached hydrogen (secondary N) is 2. The van der Waals surface area contributed by atoms with Crippen molar-refractivity contribution in [2.24, 2.45) is 5.41 Å². The van der Waals surface area contributed by atoms with Gasteiger partial charge >= 0.3 is 0 Å². The van der Waals surface area contributed by atoms with Gasteiger partial charge in [0.05, 0.1) is 7.11 Å². The molecule has 1 saturated heterocycles. The number of aromatic nitrogens is 5.